The Balaban J connectivity index is 1.61. The number of carbonyl (C=O) groups is 2. The van der Waals surface area contributed by atoms with Gasteiger partial charge in [-0.25, -0.2) is 0 Å². The van der Waals surface area contributed by atoms with E-state index in [9.17, 15) is 9.59 Å². The first-order valence-electron chi connectivity index (χ1n) is 10.0. The fourth-order valence-electron chi connectivity index (χ4n) is 3.32. The van der Waals surface area contributed by atoms with Gasteiger partial charge in [0, 0.05) is 17.6 Å². The van der Waals surface area contributed by atoms with Crippen molar-refractivity contribution in [3.8, 4) is 23.0 Å². The zero-order valence-electron chi connectivity index (χ0n) is 17.9. The lowest BCUT2D eigenvalue weighted by atomic mass is 10.1. The molecule has 4 rings (SSSR count). The molecule has 1 heterocycles. The van der Waals surface area contributed by atoms with Gasteiger partial charge in [0.2, 0.25) is 0 Å². The molecule has 34 heavy (non-hydrogen) atoms. The summed E-state index contributed by atoms with van der Waals surface area (Å²) in [6.45, 7) is 0. The highest BCUT2D eigenvalue weighted by molar-refractivity contribution is 6.43. The highest BCUT2D eigenvalue weighted by Crippen LogP contribution is 2.40. The van der Waals surface area contributed by atoms with Crippen LogP contribution in [-0.4, -0.2) is 24.0 Å². The van der Waals surface area contributed by atoms with Crippen molar-refractivity contribution >= 4 is 46.0 Å². The molecule has 0 atom stereocenters. The van der Waals surface area contributed by atoms with E-state index < -0.39 is 11.9 Å². The Hall–Kier alpha value is -3.81. The first kappa shape index (κ1) is 23.4. The smallest absolute Gasteiger partial charge is 0.315 e. The van der Waals surface area contributed by atoms with Gasteiger partial charge in [-0.05, 0) is 35.9 Å². The van der Waals surface area contributed by atoms with Crippen LogP contribution < -0.4 is 19.9 Å². The third kappa shape index (κ3) is 4.90. The zero-order chi connectivity index (χ0) is 24.2. The highest BCUT2D eigenvalue weighted by atomic mass is 35.5. The third-order valence-corrected chi connectivity index (χ3v) is 5.85. The quantitative estimate of drug-likeness (QED) is 0.264. The number of amides is 1. The number of hydrogen-bond acceptors (Lipinski definition) is 6. The standard InChI is InChI=1S/C25H18Cl2N2O5/c1-32-21-13-18-16(12-17(21)25(28)31)19(9-10-29-18)34-20-8-7-14(23(26)24(20)27)11-22(30)33-15-5-3-2-4-6-15/h2-10,12-13H,11H2,1H3,(H2,28,31). The van der Waals surface area contributed by atoms with Crippen LogP contribution in [0.3, 0.4) is 0 Å². The van der Waals surface area contributed by atoms with E-state index in [0.717, 1.165) is 0 Å². The number of rotatable bonds is 7. The maximum absolute atomic E-state index is 12.3. The average molecular weight is 497 g/mol. The van der Waals surface area contributed by atoms with E-state index in [1.165, 1.54) is 7.11 Å². The van der Waals surface area contributed by atoms with Crippen LogP contribution in [0.2, 0.25) is 10.0 Å². The summed E-state index contributed by atoms with van der Waals surface area (Å²) in [5.41, 5.74) is 6.68. The number of halogens is 2. The van der Waals surface area contributed by atoms with Crippen LogP contribution in [0.25, 0.3) is 10.9 Å². The number of benzene rings is 3. The molecular formula is C25H18Cl2N2O5. The van der Waals surface area contributed by atoms with Gasteiger partial charge in [0.25, 0.3) is 5.91 Å². The molecule has 0 spiro atoms. The molecule has 172 valence electrons. The van der Waals surface area contributed by atoms with Gasteiger partial charge in [-0.15, -0.1) is 0 Å². The van der Waals surface area contributed by atoms with Gasteiger partial charge in [0.1, 0.15) is 28.0 Å². The molecule has 3 aromatic carbocycles. The Bertz CT molecular complexity index is 1390. The number of nitrogens with two attached hydrogens (primary N) is 1. The molecule has 0 aliphatic carbocycles. The van der Waals surface area contributed by atoms with Crippen molar-refractivity contribution in [2.45, 2.75) is 6.42 Å². The van der Waals surface area contributed by atoms with Gasteiger partial charge < -0.3 is 19.9 Å². The van der Waals surface area contributed by atoms with E-state index in [4.69, 9.17) is 43.1 Å². The number of nitrogens with zero attached hydrogens (tertiary/aromatic N) is 1. The van der Waals surface area contributed by atoms with E-state index in [1.807, 2.05) is 6.07 Å². The number of carbonyl (C=O) groups excluding carboxylic acids is 2. The molecule has 0 unspecified atom stereocenters. The fourth-order valence-corrected chi connectivity index (χ4v) is 3.76. The van der Waals surface area contributed by atoms with Gasteiger partial charge >= 0.3 is 5.97 Å². The van der Waals surface area contributed by atoms with Crippen molar-refractivity contribution in [3.05, 3.63) is 88.0 Å². The van der Waals surface area contributed by atoms with Crippen molar-refractivity contribution in [1.82, 2.24) is 4.98 Å². The summed E-state index contributed by atoms with van der Waals surface area (Å²) in [7, 11) is 1.44. The van der Waals surface area contributed by atoms with Gasteiger partial charge in [-0.3, -0.25) is 14.6 Å². The Kier molecular flexibility index (Phi) is 6.86. The number of para-hydroxylation sites is 1. The fraction of sp³-hybridized carbons (Fsp3) is 0.0800. The molecule has 0 bridgehead atoms. The summed E-state index contributed by atoms with van der Waals surface area (Å²) in [6, 6.07) is 16.7. The van der Waals surface area contributed by atoms with Crippen molar-refractivity contribution in [2.75, 3.05) is 7.11 Å². The third-order valence-electron chi connectivity index (χ3n) is 4.94. The van der Waals surface area contributed by atoms with Crippen molar-refractivity contribution in [2.24, 2.45) is 5.73 Å². The minimum Gasteiger partial charge on any atom is -0.496 e. The molecule has 2 N–H and O–H groups in total. The molecule has 0 aliphatic heterocycles. The average Bonchev–Trinajstić information content (AvgIpc) is 2.83. The van der Waals surface area contributed by atoms with Crippen LogP contribution in [0.15, 0.2) is 66.9 Å². The van der Waals surface area contributed by atoms with Crippen molar-refractivity contribution < 1.29 is 23.8 Å². The molecule has 7 nitrogen and oxygen atoms in total. The number of primary amides is 1. The zero-order valence-corrected chi connectivity index (χ0v) is 19.4. The number of pyridine rings is 1. The second kappa shape index (κ2) is 9.99. The largest absolute Gasteiger partial charge is 0.496 e. The molecule has 0 saturated carbocycles. The Morgan fingerprint density at radius 3 is 2.41 bits per heavy atom. The van der Waals surface area contributed by atoms with Gasteiger partial charge in [0.05, 0.1) is 29.6 Å². The molecule has 9 heteroatoms. The highest BCUT2D eigenvalue weighted by Gasteiger charge is 2.18. The SMILES string of the molecule is COc1cc2nccc(Oc3ccc(CC(=O)Oc4ccccc4)c(Cl)c3Cl)c2cc1C(N)=O. The minimum atomic E-state index is -0.652. The maximum atomic E-state index is 12.3. The summed E-state index contributed by atoms with van der Waals surface area (Å²) in [5.74, 6) is 0.246. The Morgan fingerprint density at radius 2 is 1.71 bits per heavy atom. The number of hydrogen-bond donors (Lipinski definition) is 1. The molecule has 4 aromatic rings. The Labute approximate surface area is 205 Å². The summed E-state index contributed by atoms with van der Waals surface area (Å²) in [4.78, 5) is 28.4. The summed E-state index contributed by atoms with van der Waals surface area (Å²) < 4.78 is 16.5. The number of ether oxygens (including phenoxy) is 3. The first-order chi connectivity index (χ1) is 16.4. The number of esters is 1. The molecule has 0 aliphatic rings. The predicted octanol–water partition coefficient (Wildman–Crippen LogP) is 5.59. The summed E-state index contributed by atoms with van der Waals surface area (Å²) >= 11 is 12.9. The molecule has 1 amide bonds. The van der Waals surface area contributed by atoms with Gasteiger partial charge in [-0.1, -0.05) is 47.5 Å². The summed E-state index contributed by atoms with van der Waals surface area (Å²) in [6.07, 6.45) is 1.47. The number of methoxy groups -OCH3 is 1. The normalized spacial score (nSPS) is 10.7. The molecule has 0 radical (unpaired) electrons. The molecule has 1 aromatic heterocycles. The van der Waals surface area contributed by atoms with Crippen LogP contribution in [0.5, 0.6) is 23.0 Å². The Morgan fingerprint density at radius 1 is 0.941 bits per heavy atom. The van der Waals surface area contributed by atoms with Gasteiger partial charge in [0.15, 0.2) is 0 Å². The van der Waals surface area contributed by atoms with Crippen LogP contribution in [0.4, 0.5) is 0 Å². The van der Waals surface area contributed by atoms with Crippen molar-refractivity contribution in [1.29, 1.82) is 0 Å². The second-order valence-electron chi connectivity index (χ2n) is 7.16. The second-order valence-corrected chi connectivity index (χ2v) is 7.92. The number of fused-ring (bicyclic) bond motifs is 1. The van der Waals surface area contributed by atoms with Crippen LogP contribution in [0.1, 0.15) is 15.9 Å². The van der Waals surface area contributed by atoms with E-state index in [-0.39, 0.29) is 27.8 Å². The van der Waals surface area contributed by atoms with E-state index in [0.29, 0.717) is 33.7 Å². The molecular weight excluding hydrogens is 479 g/mol. The van der Waals surface area contributed by atoms with Crippen LogP contribution in [-0.2, 0) is 11.2 Å². The first-order valence-corrected chi connectivity index (χ1v) is 10.8. The number of aromatic nitrogens is 1. The monoisotopic (exact) mass is 496 g/mol. The lowest BCUT2D eigenvalue weighted by Gasteiger charge is -2.14. The molecule has 0 saturated heterocycles. The van der Waals surface area contributed by atoms with Crippen molar-refractivity contribution in [3.63, 3.8) is 0 Å². The topological polar surface area (TPSA) is 101 Å². The van der Waals surface area contributed by atoms with E-state index in [2.05, 4.69) is 4.98 Å². The van der Waals surface area contributed by atoms with Gasteiger partial charge in [-0.2, -0.15) is 0 Å². The lowest BCUT2D eigenvalue weighted by molar-refractivity contribution is -0.133. The minimum absolute atomic E-state index is 0.0757. The summed E-state index contributed by atoms with van der Waals surface area (Å²) in [5, 5.41) is 0.821. The predicted molar refractivity (Wildman–Crippen MR) is 129 cm³/mol. The van der Waals surface area contributed by atoms with E-state index >= 15 is 0 Å². The maximum Gasteiger partial charge on any atom is 0.315 e. The van der Waals surface area contributed by atoms with Crippen LogP contribution in [0, 0.1) is 0 Å². The molecule has 0 fully saturated rings. The lowest BCUT2D eigenvalue weighted by Crippen LogP contribution is -2.12. The van der Waals surface area contributed by atoms with E-state index in [1.54, 1.807) is 60.8 Å². The van der Waals surface area contributed by atoms with Crippen LogP contribution >= 0.6 is 23.2 Å².